The molecule has 1 aliphatic heterocycles. The van der Waals surface area contributed by atoms with Gasteiger partial charge in [0.15, 0.2) is 0 Å². The van der Waals surface area contributed by atoms with Gasteiger partial charge in [-0.1, -0.05) is 35.9 Å². The Morgan fingerprint density at radius 3 is 2.54 bits per heavy atom. The highest BCUT2D eigenvalue weighted by Crippen LogP contribution is 2.35. The molecule has 2 fully saturated rings. The number of allylic oxidation sites excluding steroid dienone is 2. The molecule has 3 aliphatic rings. The second-order valence-electron chi connectivity index (χ2n) is 8.25. The van der Waals surface area contributed by atoms with Crippen LogP contribution < -0.4 is 5.32 Å². The van der Waals surface area contributed by atoms with Crippen LogP contribution in [-0.2, 0) is 15.1 Å². The minimum absolute atomic E-state index is 0.160. The molecule has 0 radical (unpaired) electrons. The van der Waals surface area contributed by atoms with Gasteiger partial charge in [-0.2, -0.15) is 0 Å². The Labute approximate surface area is 165 Å². The van der Waals surface area contributed by atoms with E-state index in [1.54, 1.807) is 6.92 Å². The standard InChI is InChI=1S/C22H27N3O3/c1-15-8-10-16(11-9-15)22(2)20(27)24(21(28)23-22)14-19(26)25(18-12-13-18)17-6-4-3-5-7-17/h6,8-11,18H,3-5,7,12-14H2,1-2H3,(H,23,28)/t22-/m0/s1. The van der Waals surface area contributed by atoms with Crippen molar-refractivity contribution >= 4 is 17.8 Å². The number of nitrogens with zero attached hydrogens (tertiary/aromatic N) is 2. The molecule has 4 rings (SSSR count). The van der Waals surface area contributed by atoms with Crippen LogP contribution in [0, 0.1) is 6.92 Å². The third-order valence-electron chi connectivity index (χ3n) is 5.95. The van der Waals surface area contributed by atoms with Crippen molar-refractivity contribution in [3.8, 4) is 0 Å². The summed E-state index contributed by atoms with van der Waals surface area (Å²) in [6, 6.07) is 7.25. The van der Waals surface area contributed by atoms with Crippen molar-refractivity contribution in [2.45, 2.75) is 64.0 Å². The van der Waals surface area contributed by atoms with E-state index in [1.807, 2.05) is 36.1 Å². The van der Waals surface area contributed by atoms with Gasteiger partial charge < -0.3 is 10.2 Å². The van der Waals surface area contributed by atoms with Crippen molar-refractivity contribution < 1.29 is 14.4 Å². The lowest BCUT2D eigenvalue weighted by Gasteiger charge is -2.29. The first-order valence-corrected chi connectivity index (χ1v) is 10.1. The highest BCUT2D eigenvalue weighted by molar-refractivity contribution is 6.09. The fraction of sp³-hybridized carbons (Fsp3) is 0.500. The van der Waals surface area contributed by atoms with Crippen LogP contribution in [0.5, 0.6) is 0 Å². The van der Waals surface area contributed by atoms with E-state index in [0.29, 0.717) is 0 Å². The quantitative estimate of drug-likeness (QED) is 0.796. The summed E-state index contributed by atoms with van der Waals surface area (Å²) in [6.45, 7) is 3.46. The van der Waals surface area contributed by atoms with Crippen LogP contribution >= 0.6 is 0 Å². The van der Waals surface area contributed by atoms with E-state index in [2.05, 4.69) is 11.4 Å². The average molecular weight is 381 g/mol. The van der Waals surface area contributed by atoms with Gasteiger partial charge in [0.1, 0.15) is 12.1 Å². The number of nitrogens with one attached hydrogen (secondary N) is 1. The zero-order valence-electron chi connectivity index (χ0n) is 16.5. The van der Waals surface area contributed by atoms with Crippen LogP contribution in [0.2, 0.25) is 0 Å². The van der Waals surface area contributed by atoms with Gasteiger partial charge in [-0.15, -0.1) is 0 Å². The highest BCUT2D eigenvalue weighted by atomic mass is 16.2. The van der Waals surface area contributed by atoms with Crippen LogP contribution in [0.1, 0.15) is 56.6 Å². The maximum Gasteiger partial charge on any atom is 0.325 e. The molecule has 4 amide bonds. The molecule has 0 spiro atoms. The summed E-state index contributed by atoms with van der Waals surface area (Å²) in [5.74, 6) is -0.532. The van der Waals surface area contributed by atoms with E-state index < -0.39 is 11.6 Å². The van der Waals surface area contributed by atoms with Gasteiger partial charge in [0, 0.05) is 11.7 Å². The summed E-state index contributed by atoms with van der Waals surface area (Å²) in [4.78, 5) is 41.7. The normalized spacial score (nSPS) is 24.8. The van der Waals surface area contributed by atoms with Crippen LogP contribution in [0.3, 0.4) is 0 Å². The second-order valence-corrected chi connectivity index (χ2v) is 8.25. The number of carbonyl (C=O) groups excluding carboxylic acids is 3. The molecule has 2 aliphatic carbocycles. The molecule has 0 bridgehead atoms. The number of hydrogen-bond acceptors (Lipinski definition) is 3. The van der Waals surface area contributed by atoms with Crippen molar-refractivity contribution in [2.75, 3.05) is 6.54 Å². The molecule has 1 atom stereocenters. The van der Waals surface area contributed by atoms with Crippen molar-refractivity contribution in [3.63, 3.8) is 0 Å². The Morgan fingerprint density at radius 1 is 1.21 bits per heavy atom. The van der Waals surface area contributed by atoms with Crippen LogP contribution in [0.4, 0.5) is 4.79 Å². The molecule has 1 N–H and O–H groups in total. The molecular formula is C22H27N3O3. The lowest BCUT2D eigenvalue weighted by Crippen LogP contribution is -2.45. The maximum atomic E-state index is 13.1. The zero-order valence-corrected chi connectivity index (χ0v) is 16.5. The molecule has 1 aromatic rings. The van der Waals surface area contributed by atoms with Crippen molar-refractivity contribution in [1.82, 2.24) is 15.1 Å². The van der Waals surface area contributed by atoms with E-state index in [0.717, 1.165) is 60.2 Å². The first kappa shape index (κ1) is 18.7. The maximum absolute atomic E-state index is 13.1. The number of amides is 4. The summed E-state index contributed by atoms with van der Waals surface area (Å²) in [6.07, 6.45) is 8.23. The van der Waals surface area contributed by atoms with Gasteiger partial charge in [0.2, 0.25) is 5.91 Å². The molecule has 1 saturated carbocycles. The molecular weight excluding hydrogens is 354 g/mol. The van der Waals surface area contributed by atoms with Gasteiger partial charge >= 0.3 is 6.03 Å². The fourth-order valence-electron chi connectivity index (χ4n) is 4.11. The van der Waals surface area contributed by atoms with Crippen LogP contribution in [0.15, 0.2) is 36.0 Å². The van der Waals surface area contributed by atoms with E-state index in [9.17, 15) is 14.4 Å². The van der Waals surface area contributed by atoms with E-state index >= 15 is 0 Å². The second kappa shape index (κ2) is 7.08. The predicted molar refractivity (Wildman–Crippen MR) is 105 cm³/mol. The highest BCUT2D eigenvalue weighted by Gasteiger charge is 2.50. The van der Waals surface area contributed by atoms with Crippen molar-refractivity contribution in [3.05, 3.63) is 47.2 Å². The fourth-order valence-corrected chi connectivity index (χ4v) is 4.11. The SMILES string of the molecule is Cc1ccc([C@]2(C)NC(=O)N(CC(=O)N(C3=CCCCC3)C3CC3)C2=O)cc1. The Morgan fingerprint density at radius 2 is 1.93 bits per heavy atom. The summed E-state index contributed by atoms with van der Waals surface area (Å²) in [7, 11) is 0. The minimum Gasteiger partial charge on any atom is -0.319 e. The predicted octanol–water partition coefficient (Wildman–Crippen LogP) is 3.21. The smallest absolute Gasteiger partial charge is 0.319 e. The van der Waals surface area contributed by atoms with Gasteiger partial charge in [-0.25, -0.2) is 4.79 Å². The number of rotatable bonds is 5. The van der Waals surface area contributed by atoms with E-state index in [4.69, 9.17) is 0 Å². The zero-order chi connectivity index (χ0) is 19.9. The Hall–Kier alpha value is -2.63. The summed E-state index contributed by atoms with van der Waals surface area (Å²) >= 11 is 0. The molecule has 1 aromatic carbocycles. The van der Waals surface area contributed by atoms with Gasteiger partial charge in [0.25, 0.3) is 5.91 Å². The topological polar surface area (TPSA) is 69.7 Å². The first-order chi connectivity index (χ1) is 13.4. The summed E-state index contributed by atoms with van der Waals surface area (Å²) in [5.41, 5.74) is 1.73. The molecule has 28 heavy (non-hydrogen) atoms. The monoisotopic (exact) mass is 381 g/mol. The number of aryl methyl sites for hydroxylation is 1. The van der Waals surface area contributed by atoms with Crippen molar-refractivity contribution in [1.29, 1.82) is 0 Å². The Bertz CT molecular complexity index is 841. The molecule has 6 nitrogen and oxygen atoms in total. The molecule has 0 aromatic heterocycles. The molecule has 1 saturated heterocycles. The lowest BCUT2D eigenvalue weighted by molar-refractivity contribution is -0.138. The largest absolute Gasteiger partial charge is 0.325 e. The number of imide groups is 1. The summed E-state index contributed by atoms with van der Waals surface area (Å²) < 4.78 is 0. The number of urea groups is 1. The number of carbonyl (C=O) groups is 3. The molecule has 1 heterocycles. The number of hydrogen-bond donors (Lipinski definition) is 1. The van der Waals surface area contributed by atoms with Crippen molar-refractivity contribution in [2.24, 2.45) is 0 Å². The summed E-state index contributed by atoms with van der Waals surface area (Å²) in [5, 5.41) is 2.79. The average Bonchev–Trinajstić information content (AvgIpc) is 3.48. The van der Waals surface area contributed by atoms with E-state index in [1.165, 1.54) is 0 Å². The minimum atomic E-state index is -1.14. The lowest BCUT2D eigenvalue weighted by atomic mass is 9.91. The molecule has 0 unspecified atom stereocenters. The van der Waals surface area contributed by atoms with Gasteiger partial charge in [-0.3, -0.25) is 14.5 Å². The van der Waals surface area contributed by atoms with Crippen LogP contribution in [0.25, 0.3) is 0 Å². The molecule has 148 valence electrons. The molecule has 6 heteroatoms. The van der Waals surface area contributed by atoms with Gasteiger partial charge in [0.05, 0.1) is 0 Å². The third kappa shape index (κ3) is 3.32. The van der Waals surface area contributed by atoms with Gasteiger partial charge in [-0.05, 0) is 57.9 Å². The van der Waals surface area contributed by atoms with E-state index in [-0.39, 0.29) is 24.4 Å². The Kier molecular flexibility index (Phi) is 4.73. The van der Waals surface area contributed by atoms with Crippen LogP contribution in [-0.4, -0.2) is 40.2 Å². The third-order valence-corrected chi connectivity index (χ3v) is 5.95. The number of benzene rings is 1. The first-order valence-electron chi connectivity index (χ1n) is 10.1. The Balaban J connectivity index is 1.53.